The van der Waals surface area contributed by atoms with Crippen molar-refractivity contribution in [3.8, 4) is 0 Å². The van der Waals surface area contributed by atoms with Gasteiger partial charge in [-0.1, -0.05) is 6.92 Å². The van der Waals surface area contributed by atoms with E-state index in [1.807, 2.05) is 25.0 Å². The minimum atomic E-state index is 0.0886. The second-order valence-electron chi connectivity index (χ2n) is 4.81. The predicted octanol–water partition coefficient (Wildman–Crippen LogP) is 1.71. The Kier molecular flexibility index (Phi) is 5.62. The molecule has 1 amide bonds. The summed E-state index contributed by atoms with van der Waals surface area (Å²) in [4.78, 5) is 14.3. The molecule has 0 bridgehead atoms. The Morgan fingerprint density at radius 2 is 2.19 bits per heavy atom. The third-order valence-corrected chi connectivity index (χ3v) is 4.11. The molecular weight excluding hydrogens is 220 g/mol. The maximum atomic E-state index is 12.3. The molecule has 16 heavy (non-hydrogen) atoms. The first-order valence-corrected chi connectivity index (χ1v) is 7.52. The van der Waals surface area contributed by atoms with Gasteiger partial charge in [-0.25, -0.2) is 0 Å². The van der Waals surface area contributed by atoms with Gasteiger partial charge in [-0.15, -0.1) is 0 Å². The number of thioether (sulfide) groups is 1. The van der Waals surface area contributed by atoms with Crippen LogP contribution in [0.15, 0.2) is 0 Å². The molecule has 0 aromatic rings. The van der Waals surface area contributed by atoms with Crippen LogP contribution in [-0.4, -0.2) is 41.4 Å². The number of hydrogen-bond acceptors (Lipinski definition) is 3. The summed E-state index contributed by atoms with van der Waals surface area (Å²) in [6, 6.07) is 0.344. The van der Waals surface area contributed by atoms with Gasteiger partial charge in [-0.2, -0.15) is 11.8 Å². The third kappa shape index (κ3) is 3.39. The number of amides is 1. The fourth-order valence-electron chi connectivity index (χ4n) is 2.38. The molecule has 3 atom stereocenters. The standard InChI is InChI=1S/C12H24N2OS/c1-9(8-16-3)12(15)14-7-5-4-6-11(14)10(2)13/h9-11H,4-8,13H2,1-3H3. The molecule has 3 nitrogen and oxygen atoms in total. The molecule has 0 spiro atoms. The van der Waals surface area contributed by atoms with Gasteiger partial charge in [0.05, 0.1) is 0 Å². The molecule has 0 aliphatic carbocycles. The Bertz CT molecular complexity index is 233. The maximum absolute atomic E-state index is 12.3. The molecule has 94 valence electrons. The summed E-state index contributed by atoms with van der Waals surface area (Å²) in [7, 11) is 0. The molecule has 0 radical (unpaired) electrons. The monoisotopic (exact) mass is 244 g/mol. The van der Waals surface area contributed by atoms with E-state index in [9.17, 15) is 4.79 Å². The molecule has 0 aromatic carbocycles. The van der Waals surface area contributed by atoms with Crippen molar-refractivity contribution >= 4 is 17.7 Å². The van der Waals surface area contributed by atoms with Gasteiger partial charge < -0.3 is 10.6 Å². The minimum Gasteiger partial charge on any atom is -0.338 e. The molecule has 0 aromatic heterocycles. The predicted molar refractivity (Wildman–Crippen MR) is 70.5 cm³/mol. The van der Waals surface area contributed by atoms with Gasteiger partial charge in [0.25, 0.3) is 0 Å². The number of piperidine rings is 1. The summed E-state index contributed by atoms with van der Waals surface area (Å²) in [5.41, 5.74) is 5.97. The van der Waals surface area contributed by atoms with Crippen molar-refractivity contribution in [3.63, 3.8) is 0 Å². The third-order valence-electron chi connectivity index (χ3n) is 3.28. The molecule has 1 fully saturated rings. The number of nitrogens with two attached hydrogens (primary N) is 1. The lowest BCUT2D eigenvalue weighted by Gasteiger charge is -2.39. The Labute approximate surface area is 103 Å². The summed E-state index contributed by atoms with van der Waals surface area (Å²) in [5.74, 6) is 1.31. The number of rotatable bonds is 4. The van der Waals surface area contributed by atoms with Crippen LogP contribution in [0.3, 0.4) is 0 Å². The van der Waals surface area contributed by atoms with Crippen LogP contribution in [0, 0.1) is 5.92 Å². The smallest absolute Gasteiger partial charge is 0.226 e. The SMILES string of the molecule is CSCC(C)C(=O)N1CCCCC1C(C)N. The van der Waals surface area contributed by atoms with Gasteiger partial charge in [0, 0.05) is 30.3 Å². The van der Waals surface area contributed by atoms with Crippen LogP contribution in [0.4, 0.5) is 0 Å². The van der Waals surface area contributed by atoms with Crippen LogP contribution in [0.1, 0.15) is 33.1 Å². The van der Waals surface area contributed by atoms with Crippen molar-refractivity contribution in [1.82, 2.24) is 4.90 Å². The zero-order valence-electron chi connectivity index (χ0n) is 10.6. The number of carbonyl (C=O) groups excluding carboxylic acids is 1. The van der Waals surface area contributed by atoms with E-state index in [0.717, 1.165) is 25.1 Å². The van der Waals surface area contributed by atoms with Gasteiger partial charge in [0.2, 0.25) is 5.91 Å². The van der Waals surface area contributed by atoms with Crippen LogP contribution in [0.25, 0.3) is 0 Å². The Balaban J connectivity index is 2.63. The zero-order valence-corrected chi connectivity index (χ0v) is 11.4. The van der Waals surface area contributed by atoms with Crippen LogP contribution in [0.2, 0.25) is 0 Å². The lowest BCUT2D eigenvalue weighted by atomic mass is 9.95. The largest absolute Gasteiger partial charge is 0.338 e. The Morgan fingerprint density at radius 1 is 1.50 bits per heavy atom. The van der Waals surface area contributed by atoms with E-state index in [2.05, 4.69) is 0 Å². The van der Waals surface area contributed by atoms with Gasteiger partial charge in [0.1, 0.15) is 0 Å². The molecule has 4 heteroatoms. The van der Waals surface area contributed by atoms with E-state index in [1.165, 1.54) is 6.42 Å². The number of hydrogen-bond donors (Lipinski definition) is 1. The van der Waals surface area contributed by atoms with Crippen LogP contribution >= 0.6 is 11.8 Å². The molecule has 1 saturated heterocycles. The molecule has 1 aliphatic rings. The highest BCUT2D eigenvalue weighted by Gasteiger charge is 2.31. The van der Waals surface area contributed by atoms with E-state index < -0.39 is 0 Å². The van der Waals surface area contributed by atoms with E-state index in [0.29, 0.717) is 0 Å². The molecule has 2 N–H and O–H groups in total. The number of nitrogens with zero attached hydrogens (tertiary/aromatic N) is 1. The van der Waals surface area contributed by atoms with Gasteiger partial charge in [-0.05, 0) is 32.4 Å². The second-order valence-corrected chi connectivity index (χ2v) is 5.72. The van der Waals surface area contributed by atoms with Crippen LogP contribution in [0.5, 0.6) is 0 Å². The summed E-state index contributed by atoms with van der Waals surface area (Å²) >= 11 is 1.73. The molecular formula is C12H24N2OS. The molecule has 1 rings (SSSR count). The molecule has 0 saturated carbocycles. The number of carbonyl (C=O) groups is 1. The maximum Gasteiger partial charge on any atom is 0.226 e. The highest BCUT2D eigenvalue weighted by molar-refractivity contribution is 7.98. The highest BCUT2D eigenvalue weighted by atomic mass is 32.2. The van der Waals surface area contributed by atoms with E-state index in [-0.39, 0.29) is 23.9 Å². The normalized spacial score (nSPS) is 25.2. The quantitative estimate of drug-likeness (QED) is 0.819. The topological polar surface area (TPSA) is 46.3 Å². The Hall–Kier alpha value is -0.220. The lowest BCUT2D eigenvalue weighted by Crippen LogP contribution is -2.53. The van der Waals surface area contributed by atoms with Crippen LogP contribution < -0.4 is 5.73 Å². The van der Waals surface area contributed by atoms with Crippen LogP contribution in [-0.2, 0) is 4.79 Å². The average molecular weight is 244 g/mol. The summed E-state index contributed by atoms with van der Waals surface area (Å²) < 4.78 is 0. The molecule has 1 heterocycles. The molecule has 3 unspecified atom stereocenters. The fraction of sp³-hybridized carbons (Fsp3) is 0.917. The first-order valence-electron chi connectivity index (χ1n) is 6.13. The van der Waals surface area contributed by atoms with Crippen molar-refractivity contribution in [1.29, 1.82) is 0 Å². The fourth-order valence-corrected chi connectivity index (χ4v) is 3.02. The van der Waals surface area contributed by atoms with Gasteiger partial charge in [0.15, 0.2) is 0 Å². The van der Waals surface area contributed by atoms with E-state index >= 15 is 0 Å². The summed E-state index contributed by atoms with van der Waals surface area (Å²) in [5, 5.41) is 0. The average Bonchev–Trinajstić information content (AvgIpc) is 2.28. The van der Waals surface area contributed by atoms with Crippen molar-refractivity contribution < 1.29 is 4.79 Å². The summed E-state index contributed by atoms with van der Waals surface area (Å²) in [6.07, 6.45) is 5.44. The van der Waals surface area contributed by atoms with Gasteiger partial charge >= 0.3 is 0 Å². The first-order chi connectivity index (χ1) is 7.57. The van der Waals surface area contributed by atoms with E-state index in [4.69, 9.17) is 5.73 Å². The van der Waals surface area contributed by atoms with E-state index in [1.54, 1.807) is 11.8 Å². The number of likely N-dealkylation sites (tertiary alicyclic amines) is 1. The van der Waals surface area contributed by atoms with Crippen molar-refractivity contribution in [3.05, 3.63) is 0 Å². The van der Waals surface area contributed by atoms with Crippen molar-refractivity contribution in [2.75, 3.05) is 18.6 Å². The Morgan fingerprint density at radius 3 is 2.75 bits per heavy atom. The highest BCUT2D eigenvalue weighted by Crippen LogP contribution is 2.22. The second kappa shape index (κ2) is 6.50. The first kappa shape index (κ1) is 13.8. The van der Waals surface area contributed by atoms with Crippen molar-refractivity contribution in [2.24, 2.45) is 11.7 Å². The summed E-state index contributed by atoms with van der Waals surface area (Å²) in [6.45, 7) is 4.92. The minimum absolute atomic E-state index is 0.0886. The van der Waals surface area contributed by atoms with Gasteiger partial charge in [-0.3, -0.25) is 4.79 Å². The zero-order chi connectivity index (χ0) is 12.1. The molecule has 1 aliphatic heterocycles. The lowest BCUT2D eigenvalue weighted by molar-refractivity contribution is -0.138. The van der Waals surface area contributed by atoms with Crippen molar-refractivity contribution in [2.45, 2.75) is 45.2 Å².